The fourth-order valence-electron chi connectivity index (χ4n) is 2.96. The molecule has 0 fully saturated rings. The van der Waals surface area contributed by atoms with Crippen molar-refractivity contribution in [3.8, 4) is 11.5 Å². The Bertz CT molecular complexity index is 1300. The molecule has 0 aliphatic rings. The number of esters is 1. The van der Waals surface area contributed by atoms with E-state index in [9.17, 15) is 26.8 Å². The molecule has 0 atom stereocenters. The summed E-state index contributed by atoms with van der Waals surface area (Å²) in [6, 6.07) is 15.3. The number of para-hydroxylation sites is 1. The van der Waals surface area contributed by atoms with E-state index in [0.717, 1.165) is 0 Å². The molecule has 7 nitrogen and oxygen atoms in total. The summed E-state index contributed by atoms with van der Waals surface area (Å²) in [5.41, 5.74) is 1.11. The molecule has 0 aliphatic carbocycles. The zero-order valence-electron chi connectivity index (χ0n) is 18.2. The molecule has 3 rings (SSSR count). The molecule has 0 saturated heterocycles. The molecule has 0 radical (unpaired) electrons. The predicted octanol–water partition coefficient (Wildman–Crippen LogP) is 4.71. The molecule has 0 aromatic heterocycles. The Labute approximate surface area is 195 Å². The van der Waals surface area contributed by atoms with Gasteiger partial charge in [0, 0.05) is 5.56 Å². The van der Waals surface area contributed by atoms with Gasteiger partial charge >= 0.3 is 22.7 Å². The second-order valence-electron chi connectivity index (χ2n) is 7.20. The summed E-state index contributed by atoms with van der Waals surface area (Å²) >= 11 is 0. The maximum atomic E-state index is 12.8. The number of benzene rings is 3. The first-order valence-electron chi connectivity index (χ1n) is 9.93. The van der Waals surface area contributed by atoms with Crippen LogP contribution >= 0.6 is 0 Å². The van der Waals surface area contributed by atoms with E-state index in [1.165, 1.54) is 54.6 Å². The number of carbonyl (C=O) groups excluding carboxylic acids is 2. The molecule has 3 aromatic rings. The van der Waals surface area contributed by atoms with Crippen molar-refractivity contribution in [2.75, 3.05) is 6.61 Å². The van der Waals surface area contributed by atoms with Gasteiger partial charge in [0.15, 0.2) is 18.1 Å². The third kappa shape index (κ3) is 6.16. The number of alkyl halides is 2. The van der Waals surface area contributed by atoms with Crippen molar-refractivity contribution >= 4 is 21.9 Å². The molecule has 0 amide bonds. The van der Waals surface area contributed by atoms with Crippen molar-refractivity contribution in [1.82, 2.24) is 0 Å². The van der Waals surface area contributed by atoms with Gasteiger partial charge in [-0.15, -0.1) is 0 Å². The highest BCUT2D eigenvalue weighted by Gasteiger charge is 2.24. The Morgan fingerprint density at radius 3 is 2.29 bits per heavy atom. The normalized spacial score (nSPS) is 11.2. The lowest BCUT2D eigenvalue weighted by Gasteiger charge is -2.13. The van der Waals surface area contributed by atoms with E-state index in [-0.39, 0.29) is 27.5 Å². The number of ether oxygens (including phenoxy) is 2. The third-order valence-corrected chi connectivity index (χ3v) is 6.03. The number of aryl methyl sites for hydroxylation is 2. The molecule has 0 spiro atoms. The second kappa shape index (κ2) is 10.4. The van der Waals surface area contributed by atoms with Crippen LogP contribution in [-0.4, -0.2) is 33.4 Å². The molecule has 0 aliphatic heterocycles. The van der Waals surface area contributed by atoms with Gasteiger partial charge < -0.3 is 13.7 Å². The van der Waals surface area contributed by atoms with Crippen LogP contribution in [0.2, 0.25) is 0 Å². The van der Waals surface area contributed by atoms with Crippen molar-refractivity contribution in [1.29, 1.82) is 0 Å². The van der Waals surface area contributed by atoms with Crippen LogP contribution in [-0.2, 0) is 14.9 Å². The van der Waals surface area contributed by atoms with Crippen molar-refractivity contribution in [3.63, 3.8) is 0 Å². The highest BCUT2D eigenvalue weighted by Crippen LogP contribution is 2.26. The molecule has 0 N–H and O–H groups in total. The number of halogens is 2. The zero-order valence-corrected chi connectivity index (χ0v) is 19.0. The molecule has 0 heterocycles. The average molecular weight is 490 g/mol. The van der Waals surface area contributed by atoms with Crippen LogP contribution in [0.4, 0.5) is 8.78 Å². The molecule has 178 valence electrons. The fourth-order valence-corrected chi connectivity index (χ4v) is 4.23. The molecular formula is C24H20F2O7S. The van der Waals surface area contributed by atoms with Crippen LogP contribution in [0.1, 0.15) is 31.8 Å². The smallest absolute Gasteiger partial charge is 0.387 e. The molecule has 10 heteroatoms. The van der Waals surface area contributed by atoms with Crippen molar-refractivity contribution in [3.05, 3.63) is 89.0 Å². The van der Waals surface area contributed by atoms with Gasteiger partial charge in [-0.05, 0) is 67.4 Å². The summed E-state index contributed by atoms with van der Waals surface area (Å²) < 4.78 is 64.5. The first kappa shape index (κ1) is 24.8. The van der Waals surface area contributed by atoms with Gasteiger partial charge in [-0.25, -0.2) is 4.79 Å². The van der Waals surface area contributed by atoms with Gasteiger partial charge in [0.05, 0.1) is 0 Å². The van der Waals surface area contributed by atoms with Gasteiger partial charge in [0.25, 0.3) is 0 Å². The second-order valence-corrected chi connectivity index (χ2v) is 8.72. The van der Waals surface area contributed by atoms with Crippen molar-refractivity contribution in [2.45, 2.75) is 25.4 Å². The highest BCUT2D eigenvalue weighted by atomic mass is 32.2. The van der Waals surface area contributed by atoms with E-state index in [1.807, 2.05) is 0 Å². The monoisotopic (exact) mass is 490 g/mol. The fraction of sp³-hybridized carbons (Fsp3) is 0.167. The van der Waals surface area contributed by atoms with Crippen LogP contribution in [0.3, 0.4) is 0 Å². The van der Waals surface area contributed by atoms with Crippen molar-refractivity contribution in [2.24, 2.45) is 0 Å². The maximum Gasteiger partial charge on any atom is 0.387 e. The quantitative estimate of drug-likeness (QED) is 0.243. The summed E-state index contributed by atoms with van der Waals surface area (Å²) in [4.78, 5) is 24.8. The van der Waals surface area contributed by atoms with Gasteiger partial charge in [-0.1, -0.05) is 24.3 Å². The summed E-state index contributed by atoms with van der Waals surface area (Å²) in [6.45, 7) is -0.303. The number of hydrogen-bond acceptors (Lipinski definition) is 7. The predicted molar refractivity (Wildman–Crippen MR) is 118 cm³/mol. The summed E-state index contributed by atoms with van der Waals surface area (Å²) in [7, 11) is -4.25. The number of carbonyl (C=O) groups is 2. The summed E-state index contributed by atoms with van der Waals surface area (Å²) in [5.74, 6) is -1.95. The van der Waals surface area contributed by atoms with E-state index in [0.29, 0.717) is 11.1 Å². The van der Waals surface area contributed by atoms with Crippen LogP contribution in [0.5, 0.6) is 11.5 Å². The van der Waals surface area contributed by atoms with Gasteiger partial charge in [0.1, 0.15) is 16.2 Å². The lowest BCUT2D eigenvalue weighted by Crippen LogP contribution is -2.17. The van der Waals surface area contributed by atoms with E-state index < -0.39 is 35.1 Å². The number of Topliss-reactive ketones (excluding diaryl/α,β-unsaturated/α-hetero) is 1. The van der Waals surface area contributed by atoms with Crippen LogP contribution in [0.15, 0.2) is 71.6 Å². The minimum Gasteiger partial charge on any atom is -0.454 e. The Morgan fingerprint density at radius 2 is 1.62 bits per heavy atom. The van der Waals surface area contributed by atoms with E-state index in [4.69, 9.17) is 8.92 Å². The molecular weight excluding hydrogens is 470 g/mol. The number of rotatable bonds is 9. The molecule has 3 aromatic carbocycles. The first-order chi connectivity index (χ1) is 16.1. The first-order valence-corrected chi connectivity index (χ1v) is 11.3. The largest absolute Gasteiger partial charge is 0.454 e. The van der Waals surface area contributed by atoms with Gasteiger partial charge in [-0.2, -0.15) is 17.2 Å². The van der Waals surface area contributed by atoms with E-state index in [1.54, 1.807) is 26.0 Å². The van der Waals surface area contributed by atoms with Crippen LogP contribution < -0.4 is 8.92 Å². The van der Waals surface area contributed by atoms with Gasteiger partial charge in [-0.3, -0.25) is 4.79 Å². The zero-order chi connectivity index (χ0) is 24.9. The Kier molecular flexibility index (Phi) is 7.62. The third-order valence-electron chi connectivity index (χ3n) is 4.66. The topological polar surface area (TPSA) is 96.0 Å². The highest BCUT2D eigenvalue weighted by molar-refractivity contribution is 7.87. The summed E-state index contributed by atoms with van der Waals surface area (Å²) in [6.07, 6.45) is 0. The minimum absolute atomic E-state index is 0.0369. The van der Waals surface area contributed by atoms with Crippen molar-refractivity contribution < 1.29 is 40.4 Å². The number of hydrogen-bond donors (Lipinski definition) is 0. The lowest BCUT2D eigenvalue weighted by molar-refractivity contribution is -0.0498. The minimum atomic E-state index is -4.25. The Balaban J connectivity index is 1.72. The van der Waals surface area contributed by atoms with E-state index in [2.05, 4.69) is 4.74 Å². The standard InChI is InChI=1S/C24H20F2O7S/c1-15-7-8-16(2)22(13-15)34(29,30)33-21-6-4-3-5-19(21)23(28)31-14-20(27)17-9-11-18(12-10-17)32-24(25)26/h3-13,24H,14H2,1-2H3. The van der Waals surface area contributed by atoms with Gasteiger partial charge in [0.2, 0.25) is 0 Å². The summed E-state index contributed by atoms with van der Waals surface area (Å²) in [5, 5.41) is 0. The van der Waals surface area contributed by atoms with E-state index >= 15 is 0 Å². The molecule has 0 bridgehead atoms. The lowest BCUT2D eigenvalue weighted by atomic mass is 10.1. The SMILES string of the molecule is Cc1ccc(C)c(S(=O)(=O)Oc2ccccc2C(=O)OCC(=O)c2ccc(OC(F)F)cc2)c1. The molecule has 34 heavy (non-hydrogen) atoms. The van der Waals surface area contributed by atoms with Crippen LogP contribution in [0, 0.1) is 13.8 Å². The average Bonchev–Trinajstić information content (AvgIpc) is 2.79. The Hall–Kier alpha value is -3.79. The van der Waals surface area contributed by atoms with Crippen LogP contribution in [0.25, 0.3) is 0 Å². The molecule has 0 saturated carbocycles. The maximum absolute atomic E-state index is 12.8. The Morgan fingerprint density at radius 1 is 0.941 bits per heavy atom. The number of ketones is 1. The molecule has 0 unspecified atom stereocenters.